The molecule has 1 aliphatic rings. The van der Waals surface area contributed by atoms with Gasteiger partial charge in [0.25, 0.3) is 0 Å². The monoisotopic (exact) mass is 373 g/mol. The number of guanidine groups is 1. The molecule has 0 bridgehead atoms. The number of benzene rings is 2. The number of fused-ring (bicyclic) bond motifs is 1. The molecule has 144 valence electrons. The summed E-state index contributed by atoms with van der Waals surface area (Å²) in [6.45, 7) is 3.57. The van der Waals surface area contributed by atoms with Gasteiger partial charge in [-0.1, -0.05) is 42.5 Å². The Morgan fingerprint density at radius 3 is 2.79 bits per heavy atom. The molecule has 0 amide bonds. The van der Waals surface area contributed by atoms with Gasteiger partial charge in [0.2, 0.25) is 0 Å². The molecule has 4 rings (SSSR count). The van der Waals surface area contributed by atoms with Crippen molar-refractivity contribution in [2.75, 3.05) is 31.6 Å². The minimum absolute atomic E-state index is 0.752. The molecular weight excluding hydrogens is 346 g/mol. The lowest BCUT2D eigenvalue weighted by molar-refractivity contribution is 0.796. The van der Waals surface area contributed by atoms with E-state index in [0.717, 1.165) is 38.6 Å². The maximum atomic E-state index is 4.35. The van der Waals surface area contributed by atoms with E-state index in [9.17, 15) is 0 Å². The van der Waals surface area contributed by atoms with Crippen molar-refractivity contribution in [3.63, 3.8) is 0 Å². The van der Waals surface area contributed by atoms with Gasteiger partial charge in [0.05, 0.1) is 0 Å². The fourth-order valence-corrected chi connectivity index (χ4v) is 3.61. The number of hydrogen-bond donors (Lipinski definition) is 3. The van der Waals surface area contributed by atoms with Crippen LogP contribution >= 0.6 is 0 Å². The van der Waals surface area contributed by atoms with Gasteiger partial charge in [-0.3, -0.25) is 4.99 Å². The zero-order valence-electron chi connectivity index (χ0n) is 16.3. The van der Waals surface area contributed by atoms with Crippen LogP contribution in [0, 0.1) is 0 Å². The maximum Gasteiger partial charge on any atom is 0.191 e. The Labute approximate surface area is 166 Å². The van der Waals surface area contributed by atoms with Gasteiger partial charge in [0, 0.05) is 56.0 Å². The molecule has 0 saturated carbocycles. The molecule has 5 nitrogen and oxygen atoms in total. The van der Waals surface area contributed by atoms with Crippen molar-refractivity contribution < 1.29 is 0 Å². The molecule has 2 aromatic carbocycles. The maximum absolute atomic E-state index is 4.35. The summed E-state index contributed by atoms with van der Waals surface area (Å²) in [5.41, 5.74) is 5.04. The van der Waals surface area contributed by atoms with Crippen molar-refractivity contribution >= 4 is 22.5 Å². The van der Waals surface area contributed by atoms with E-state index in [1.165, 1.54) is 27.7 Å². The molecule has 0 spiro atoms. The van der Waals surface area contributed by atoms with Gasteiger partial charge < -0.3 is 20.5 Å². The van der Waals surface area contributed by atoms with Crippen LogP contribution in [-0.4, -0.2) is 37.6 Å². The van der Waals surface area contributed by atoms with E-state index in [2.05, 4.69) is 92.4 Å². The molecule has 3 N–H and O–H groups in total. The molecule has 0 unspecified atom stereocenters. The van der Waals surface area contributed by atoms with Crippen LogP contribution in [0.2, 0.25) is 0 Å². The van der Waals surface area contributed by atoms with E-state index >= 15 is 0 Å². The highest BCUT2D eigenvalue weighted by molar-refractivity contribution is 5.83. The molecule has 0 radical (unpaired) electrons. The van der Waals surface area contributed by atoms with Crippen LogP contribution < -0.4 is 15.5 Å². The lowest BCUT2D eigenvalue weighted by Crippen LogP contribution is -2.37. The molecule has 1 aromatic heterocycles. The summed E-state index contributed by atoms with van der Waals surface area (Å²) in [7, 11) is 1.81. The van der Waals surface area contributed by atoms with Crippen LogP contribution in [0.25, 0.3) is 10.9 Å². The fourth-order valence-electron chi connectivity index (χ4n) is 3.61. The number of nitrogens with zero attached hydrogens (tertiary/aromatic N) is 2. The zero-order chi connectivity index (χ0) is 19.2. The fraction of sp³-hybridized carbons (Fsp3) is 0.261. The Hall–Kier alpha value is -3.21. The first-order valence-electron chi connectivity index (χ1n) is 9.82. The average Bonchev–Trinajstić information content (AvgIpc) is 3.41. The van der Waals surface area contributed by atoms with Gasteiger partial charge in [-0.05, 0) is 35.7 Å². The highest BCUT2D eigenvalue weighted by Crippen LogP contribution is 2.19. The topological polar surface area (TPSA) is 55.5 Å². The summed E-state index contributed by atoms with van der Waals surface area (Å²) < 4.78 is 0. The molecule has 1 aliphatic heterocycles. The largest absolute Gasteiger partial charge is 0.364 e. The molecule has 3 aromatic rings. The Bertz CT molecular complexity index is 977. The van der Waals surface area contributed by atoms with Crippen molar-refractivity contribution in [1.29, 1.82) is 0 Å². The average molecular weight is 374 g/mol. The van der Waals surface area contributed by atoms with Gasteiger partial charge in [0.1, 0.15) is 0 Å². The lowest BCUT2D eigenvalue weighted by atomic mass is 10.1. The minimum atomic E-state index is 0.752. The zero-order valence-corrected chi connectivity index (χ0v) is 16.3. The van der Waals surface area contributed by atoms with E-state index in [4.69, 9.17) is 0 Å². The second kappa shape index (κ2) is 8.65. The predicted octanol–water partition coefficient (Wildman–Crippen LogP) is 3.45. The number of hydrogen-bond acceptors (Lipinski definition) is 2. The number of nitrogens with one attached hydrogen (secondary N) is 3. The number of para-hydroxylation sites is 1. The third kappa shape index (κ3) is 4.19. The van der Waals surface area contributed by atoms with E-state index in [1.54, 1.807) is 0 Å². The Morgan fingerprint density at radius 1 is 1.07 bits per heavy atom. The summed E-state index contributed by atoms with van der Waals surface area (Å²) in [5, 5.41) is 8.13. The first-order valence-corrected chi connectivity index (χ1v) is 9.82. The quantitative estimate of drug-likeness (QED) is 0.352. The van der Waals surface area contributed by atoms with Gasteiger partial charge in [-0.15, -0.1) is 0 Å². The van der Waals surface area contributed by atoms with Crippen LogP contribution in [0.5, 0.6) is 0 Å². The highest BCUT2D eigenvalue weighted by Gasteiger charge is 2.08. The van der Waals surface area contributed by atoms with E-state index in [1.807, 2.05) is 7.05 Å². The second-order valence-corrected chi connectivity index (χ2v) is 7.01. The van der Waals surface area contributed by atoms with E-state index in [0.29, 0.717) is 0 Å². The third-order valence-corrected chi connectivity index (χ3v) is 5.14. The van der Waals surface area contributed by atoms with Crippen LogP contribution in [0.1, 0.15) is 11.1 Å². The Kier molecular flexibility index (Phi) is 5.61. The van der Waals surface area contributed by atoms with E-state index < -0.39 is 0 Å². The molecular formula is C23H27N5. The lowest BCUT2D eigenvalue weighted by Gasteiger charge is -2.19. The number of aliphatic imine (C=N–C) groups is 1. The molecule has 5 heteroatoms. The second-order valence-electron chi connectivity index (χ2n) is 7.01. The number of aromatic amines is 1. The van der Waals surface area contributed by atoms with Gasteiger partial charge in [0.15, 0.2) is 5.96 Å². The summed E-state index contributed by atoms with van der Waals surface area (Å²) in [5.74, 6) is 0.827. The summed E-state index contributed by atoms with van der Waals surface area (Å²) in [6, 6.07) is 17.1. The molecule has 0 fully saturated rings. The molecule has 28 heavy (non-hydrogen) atoms. The van der Waals surface area contributed by atoms with Crippen LogP contribution in [-0.2, 0) is 13.0 Å². The number of anilines is 1. The predicted molar refractivity (Wildman–Crippen MR) is 118 cm³/mol. The smallest absolute Gasteiger partial charge is 0.191 e. The normalized spacial score (nSPS) is 14.0. The first kappa shape index (κ1) is 18.2. The van der Waals surface area contributed by atoms with Crippen LogP contribution in [0.4, 0.5) is 5.69 Å². The van der Waals surface area contributed by atoms with Gasteiger partial charge in [-0.2, -0.15) is 0 Å². The summed E-state index contributed by atoms with van der Waals surface area (Å²) >= 11 is 0. The Balaban J connectivity index is 1.29. The molecule has 0 aliphatic carbocycles. The summed E-state index contributed by atoms with van der Waals surface area (Å²) in [6.07, 6.45) is 7.47. The van der Waals surface area contributed by atoms with Gasteiger partial charge in [-0.25, -0.2) is 0 Å². The first-order chi connectivity index (χ1) is 13.8. The van der Waals surface area contributed by atoms with Crippen molar-refractivity contribution in [3.05, 3.63) is 78.0 Å². The number of rotatable bonds is 6. The highest BCUT2D eigenvalue weighted by atomic mass is 15.2. The van der Waals surface area contributed by atoms with Crippen LogP contribution in [0.3, 0.4) is 0 Å². The minimum Gasteiger partial charge on any atom is -0.364 e. The van der Waals surface area contributed by atoms with Crippen molar-refractivity contribution in [1.82, 2.24) is 15.6 Å². The number of H-pyrrole nitrogens is 1. The molecule has 0 saturated heterocycles. The Morgan fingerprint density at radius 2 is 1.93 bits per heavy atom. The van der Waals surface area contributed by atoms with E-state index in [-0.39, 0.29) is 0 Å². The van der Waals surface area contributed by atoms with Crippen molar-refractivity contribution in [2.24, 2.45) is 4.99 Å². The van der Waals surface area contributed by atoms with Crippen molar-refractivity contribution in [3.8, 4) is 0 Å². The van der Waals surface area contributed by atoms with Crippen molar-refractivity contribution in [2.45, 2.75) is 13.0 Å². The summed E-state index contributed by atoms with van der Waals surface area (Å²) in [4.78, 5) is 10.0. The number of aromatic nitrogens is 1. The molecule has 0 atom stereocenters. The van der Waals surface area contributed by atoms with Gasteiger partial charge >= 0.3 is 0 Å². The standard InChI is InChI=1S/C23H27N5/c1-24-23(25-12-11-19-17-26-22-10-3-2-9-21(19)22)27-16-18-7-6-8-20(15-18)28-13-4-5-14-28/h2-10,15,17,26H,11-14,16H2,1H3,(H2,24,25,27). The SMILES string of the molecule is CN=C(NCCc1c[nH]c2ccccc12)NCc1cccc(N2CC=CC2)c1. The molecule has 2 heterocycles. The third-order valence-electron chi connectivity index (χ3n) is 5.14. The van der Waals surface area contributed by atoms with Crippen LogP contribution in [0.15, 0.2) is 71.9 Å².